The molecular formula is C11H15ClN2OS2. The molecule has 0 bridgehead atoms. The quantitative estimate of drug-likeness (QED) is 0.925. The van der Waals surface area contributed by atoms with Crippen LogP contribution in [0.5, 0.6) is 0 Å². The second-order valence-electron chi connectivity index (χ2n) is 3.98. The topological polar surface area (TPSA) is 32.3 Å². The van der Waals surface area contributed by atoms with Crippen LogP contribution in [0.1, 0.15) is 4.88 Å². The molecule has 0 spiro atoms. The summed E-state index contributed by atoms with van der Waals surface area (Å²) in [6, 6.07) is 3.81. The van der Waals surface area contributed by atoms with Crippen LogP contribution < -0.4 is 5.32 Å². The first kappa shape index (κ1) is 13.2. The van der Waals surface area contributed by atoms with Gasteiger partial charge in [-0.25, -0.2) is 0 Å². The fraction of sp³-hybridized carbons (Fsp3) is 0.545. The zero-order valence-electron chi connectivity index (χ0n) is 9.61. The van der Waals surface area contributed by atoms with Crippen molar-refractivity contribution in [2.45, 2.75) is 12.6 Å². The Labute approximate surface area is 115 Å². The van der Waals surface area contributed by atoms with Gasteiger partial charge in [0.05, 0.1) is 16.9 Å². The highest BCUT2D eigenvalue weighted by Gasteiger charge is 2.24. The fourth-order valence-electron chi connectivity index (χ4n) is 1.74. The molecule has 6 heteroatoms. The van der Waals surface area contributed by atoms with Gasteiger partial charge in [0, 0.05) is 30.0 Å². The Balaban J connectivity index is 1.90. The number of nitrogens with one attached hydrogen (secondary N) is 1. The monoisotopic (exact) mass is 290 g/mol. The van der Waals surface area contributed by atoms with Crippen molar-refractivity contribution in [2.75, 3.05) is 25.1 Å². The van der Waals surface area contributed by atoms with Gasteiger partial charge in [0.25, 0.3) is 0 Å². The number of thiophene rings is 1. The Morgan fingerprint density at radius 3 is 3.06 bits per heavy atom. The van der Waals surface area contributed by atoms with E-state index >= 15 is 0 Å². The lowest BCUT2D eigenvalue weighted by Gasteiger charge is -2.26. The number of carbonyl (C=O) groups is 1. The number of nitrogens with zero attached hydrogens (tertiary/aromatic N) is 1. The molecule has 0 aliphatic carbocycles. The van der Waals surface area contributed by atoms with Crippen LogP contribution in [0.15, 0.2) is 12.1 Å². The van der Waals surface area contributed by atoms with Crippen molar-refractivity contribution in [2.24, 2.45) is 0 Å². The van der Waals surface area contributed by atoms with E-state index in [-0.39, 0.29) is 11.9 Å². The van der Waals surface area contributed by atoms with Crippen molar-refractivity contribution in [3.8, 4) is 0 Å². The van der Waals surface area contributed by atoms with E-state index in [1.807, 2.05) is 30.9 Å². The minimum absolute atomic E-state index is 0.0332. The first-order chi connectivity index (χ1) is 8.16. The zero-order chi connectivity index (χ0) is 12.3. The molecule has 0 radical (unpaired) electrons. The highest BCUT2D eigenvalue weighted by Crippen LogP contribution is 2.22. The number of likely N-dealkylation sites (N-methyl/N-ethyl adjacent to an activating group) is 1. The molecule has 1 aromatic rings. The summed E-state index contributed by atoms with van der Waals surface area (Å²) in [5.74, 6) is 2.13. The SMILES string of the molecule is CN(Cc1ccc(Cl)s1)C(=O)C1CSCCN1. The van der Waals surface area contributed by atoms with Crippen LogP contribution in [-0.2, 0) is 11.3 Å². The van der Waals surface area contributed by atoms with Gasteiger partial charge >= 0.3 is 0 Å². The summed E-state index contributed by atoms with van der Waals surface area (Å²) in [6.07, 6.45) is 0. The number of carbonyl (C=O) groups excluding carboxylic acids is 1. The van der Waals surface area contributed by atoms with E-state index in [1.54, 1.807) is 4.90 Å². The lowest BCUT2D eigenvalue weighted by Crippen LogP contribution is -2.49. The largest absolute Gasteiger partial charge is 0.339 e. The molecule has 1 fully saturated rings. The molecule has 0 saturated carbocycles. The van der Waals surface area contributed by atoms with E-state index in [1.165, 1.54) is 11.3 Å². The maximum Gasteiger partial charge on any atom is 0.240 e. The van der Waals surface area contributed by atoms with Crippen molar-refractivity contribution >= 4 is 40.6 Å². The van der Waals surface area contributed by atoms with Crippen molar-refractivity contribution in [3.05, 3.63) is 21.3 Å². The molecule has 1 aliphatic rings. The third-order valence-corrected chi connectivity index (χ3v) is 4.90. The van der Waals surface area contributed by atoms with Crippen molar-refractivity contribution in [1.29, 1.82) is 0 Å². The number of halogens is 1. The Kier molecular flexibility index (Phi) is 4.73. The van der Waals surface area contributed by atoms with Gasteiger partial charge in [0.1, 0.15) is 0 Å². The van der Waals surface area contributed by atoms with Crippen LogP contribution in [0.4, 0.5) is 0 Å². The molecule has 1 aliphatic heterocycles. The van der Waals surface area contributed by atoms with Crippen LogP contribution in [0.25, 0.3) is 0 Å². The number of hydrogen-bond acceptors (Lipinski definition) is 4. The molecule has 1 atom stereocenters. The lowest BCUT2D eigenvalue weighted by atomic mass is 10.2. The maximum atomic E-state index is 12.1. The van der Waals surface area contributed by atoms with Crippen LogP contribution >= 0.6 is 34.7 Å². The van der Waals surface area contributed by atoms with Crippen LogP contribution in [0.3, 0.4) is 0 Å². The minimum atomic E-state index is -0.0332. The fourth-order valence-corrected chi connectivity index (χ4v) is 3.80. The van der Waals surface area contributed by atoms with E-state index in [4.69, 9.17) is 11.6 Å². The summed E-state index contributed by atoms with van der Waals surface area (Å²) in [5, 5.41) is 3.26. The summed E-state index contributed by atoms with van der Waals surface area (Å²) in [7, 11) is 1.84. The van der Waals surface area contributed by atoms with Crippen LogP contribution in [0, 0.1) is 0 Å². The summed E-state index contributed by atoms with van der Waals surface area (Å²) in [4.78, 5) is 15.0. The Morgan fingerprint density at radius 2 is 2.47 bits per heavy atom. The lowest BCUT2D eigenvalue weighted by molar-refractivity contribution is -0.132. The van der Waals surface area contributed by atoms with Crippen LogP contribution in [-0.4, -0.2) is 41.9 Å². The number of hydrogen-bond donors (Lipinski definition) is 1. The molecular weight excluding hydrogens is 276 g/mol. The molecule has 1 unspecified atom stereocenters. The normalized spacial score (nSPS) is 20.2. The molecule has 3 nitrogen and oxygen atoms in total. The summed E-state index contributed by atoms with van der Waals surface area (Å²) in [6.45, 7) is 1.55. The second-order valence-corrected chi connectivity index (χ2v) is 6.93. The summed E-state index contributed by atoms with van der Waals surface area (Å²) >= 11 is 9.23. The standard InChI is InChI=1S/C11H15ClN2OS2/c1-14(6-8-2-3-10(12)17-8)11(15)9-7-16-5-4-13-9/h2-3,9,13H,4-7H2,1H3. The minimum Gasteiger partial charge on any atom is -0.339 e. The van der Waals surface area contributed by atoms with Gasteiger partial charge in [-0.3, -0.25) is 4.79 Å². The summed E-state index contributed by atoms with van der Waals surface area (Å²) in [5.41, 5.74) is 0. The van der Waals surface area contributed by atoms with Crippen molar-refractivity contribution in [3.63, 3.8) is 0 Å². The number of amides is 1. The number of rotatable bonds is 3. The highest BCUT2D eigenvalue weighted by atomic mass is 35.5. The van der Waals surface area contributed by atoms with Crippen molar-refractivity contribution < 1.29 is 4.79 Å². The molecule has 17 heavy (non-hydrogen) atoms. The highest BCUT2D eigenvalue weighted by molar-refractivity contribution is 7.99. The van der Waals surface area contributed by atoms with Crippen molar-refractivity contribution in [1.82, 2.24) is 10.2 Å². The molecule has 1 aromatic heterocycles. The average molecular weight is 291 g/mol. The summed E-state index contributed by atoms with van der Waals surface area (Å²) < 4.78 is 0.771. The smallest absolute Gasteiger partial charge is 0.240 e. The molecule has 1 saturated heterocycles. The average Bonchev–Trinajstić information content (AvgIpc) is 2.75. The van der Waals surface area contributed by atoms with Gasteiger partial charge in [0.15, 0.2) is 0 Å². The first-order valence-corrected chi connectivity index (χ1v) is 7.82. The number of thioether (sulfide) groups is 1. The van der Waals surface area contributed by atoms with E-state index in [9.17, 15) is 4.79 Å². The van der Waals surface area contributed by atoms with E-state index in [0.717, 1.165) is 27.3 Å². The Hall–Kier alpha value is -0.230. The molecule has 94 valence electrons. The van der Waals surface area contributed by atoms with Gasteiger partial charge in [-0.2, -0.15) is 11.8 Å². The predicted molar refractivity (Wildman–Crippen MR) is 74.9 cm³/mol. The Morgan fingerprint density at radius 1 is 1.65 bits per heavy atom. The van der Waals surface area contributed by atoms with E-state index in [2.05, 4.69) is 5.32 Å². The second kappa shape index (κ2) is 6.09. The molecule has 1 amide bonds. The third kappa shape index (κ3) is 3.61. The van der Waals surface area contributed by atoms with Crippen LogP contribution in [0.2, 0.25) is 4.34 Å². The van der Waals surface area contributed by atoms with Gasteiger partial charge in [-0.15, -0.1) is 11.3 Å². The molecule has 2 heterocycles. The molecule has 2 rings (SSSR count). The van der Waals surface area contributed by atoms with Gasteiger partial charge in [0.2, 0.25) is 5.91 Å². The van der Waals surface area contributed by atoms with Gasteiger partial charge < -0.3 is 10.2 Å². The zero-order valence-corrected chi connectivity index (χ0v) is 12.0. The van der Waals surface area contributed by atoms with Gasteiger partial charge in [-0.1, -0.05) is 11.6 Å². The first-order valence-electron chi connectivity index (χ1n) is 5.47. The molecule has 0 aromatic carbocycles. The third-order valence-electron chi connectivity index (χ3n) is 2.62. The predicted octanol–water partition coefficient (Wildman–Crippen LogP) is 2.06. The van der Waals surface area contributed by atoms with E-state index < -0.39 is 0 Å². The Bertz CT molecular complexity index is 391. The van der Waals surface area contributed by atoms with E-state index in [0.29, 0.717) is 6.54 Å². The molecule has 1 N–H and O–H groups in total. The van der Waals surface area contributed by atoms with Gasteiger partial charge in [-0.05, 0) is 12.1 Å². The maximum absolute atomic E-state index is 12.1.